The highest BCUT2D eigenvalue weighted by Crippen LogP contribution is 2.10. The lowest BCUT2D eigenvalue weighted by Crippen LogP contribution is -2.24. The second-order valence-corrected chi connectivity index (χ2v) is 7.17. The molecule has 0 bridgehead atoms. The number of nitrogens with one attached hydrogen (secondary N) is 2. The van der Waals surface area contributed by atoms with Gasteiger partial charge in [-0.3, -0.25) is 4.98 Å². The summed E-state index contributed by atoms with van der Waals surface area (Å²) >= 11 is 1.43. The van der Waals surface area contributed by atoms with Gasteiger partial charge in [0.05, 0.1) is 11.3 Å². The number of rotatable bonds is 7. The van der Waals surface area contributed by atoms with Crippen LogP contribution in [-0.2, 0) is 28.9 Å². The molecular weight excluding hydrogens is 294 g/mol. The average molecular weight is 311 g/mol. The predicted octanol–water partition coefficient (Wildman–Crippen LogP) is 1.48. The van der Waals surface area contributed by atoms with Gasteiger partial charge in [-0.25, -0.2) is 13.1 Å². The minimum Gasteiger partial charge on any atom is -0.316 e. The van der Waals surface area contributed by atoms with E-state index in [9.17, 15) is 8.42 Å². The molecule has 0 radical (unpaired) electrons. The van der Waals surface area contributed by atoms with Gasteiger partial charge in [0, 0.05) is 24.2 Å². The maximum absolute atomic E-state index is 12.0. The zero-order valence-electron chi connectivity index (χ0n) is 11.2. The van der Waals surface area contributed by atoms with Crippen LogP contribution < -0.4 is 10.0 Å². The lowest BCUT2D eigenvalue weighted by atomic mass is 10.1. The Morgan fingerprint density at radius 2 is 1.85 bits per heavy atom. The smallest absolute Gasteiger partial charge is 0.216 e. The number of thiazole rings is 1. The Labute approximate surface area is 123 Å². The van der Waals surface area contributed by atoms with E-state index >= 15 is 0 Å². The summed E-state index contributed by atoms with van der Waals surface area (Å²) in [6, 6.07) is 7.56. The first-order valence-electron chi connectivity index (χ1n) is 6.16. The third kappa shape index (κ3) is 4.68. The molecule has 0 saturated heterocycles. The topological polar surface area (TPSA) is 71.1 Å². The molecule has 2 rings (SSSR count). The van der Waals surface area contributed by atoms with E-state index in [4.69, 9.17) is 0 Å². The van der Waals surface area contributed by atoms with Crippen molar-refractivity contribution in [1.29, 1.82) is 0 Å². The SMILES string of the molecule is CNCc1ccc(CS(=O)(=O)NCc2cncs2)cc1. The van der Waals surface area contributed by atoms with Crippen LogP contribution in [0.1, 0.15) is 16.0 Å². The monoisotopic (exact) mass is 311 g/mol. The largest absolute Gasteiger partial charge is 0.316 e. The van der Waals surface area contributed by atoms with Gasteiger partial charge in [-0.15, -0.1) is 11.3 Å². The molecule has 108 valence electrons. The predicted molar refractivity (Wildman–Crippen MR) is 80.8 cm³/mol. The van der Waals surface area contributed by atoms with Crippen LogP contribution in [0.4, 0.5) is 0 Å². The molecule has 2 N–H and O–H groups in total. The van der Waals surface area contributed by atoms with Crippen molar-refractivity contribution in [1.82, 2.24) is 15.0 Å². The Morgan fingerprint density at radius 1 is 1.15 bits per heavy atom. The van der Waals surface area contributed by atoms with Gasteiger partial charge in [-0.2, -0.15) is 0 Å². The lowest BCUT2D eigenvalue weighted by Gasteiger charge is -2.06. The number of hydrogen-bond donors (Lipinski definition) is 2. The summed E-state index contributed by atoms with van der Waals surface area (Å²) < 4.78 is 26.5. The van der Waals surface area contributed by atoms with Crippen molar-refractivity contribution in [3.63, 3.8) is 0 Å². The van der Waals surface area contributed by atoms with Crippen LogP contribution in [0.5, 0.6) is 0 Å². The molecule has 1 aromatic heterocycles. The Morgan fingerprint density at radius 3 is 2.45 bits per heavy atom. The maximum Gasteiger partial charge on any atom is 0.216 e. The van der Waals surface area contributed by atoms with Crippen LogP contribution >= 0.6 is 11.3 Å². The molecule has 0 unspecified atom stereocenters. The Kier molecular flexibility index (Phi) is 5.24. The molecule has 0 aliphatic carbocycles. The lowest BCUT2D eigenvalue weighted by molar-refractivity contribution is 0.581. The fourth-order valence-electron chi connectivity index (χ4n) is 1.74. The van der Waals surface area contributed by atoms with E-state index in [0.29, 0.717) is 6.54 Å². The van der Waals surface area contributed by atoms with Gasteiger partial charge in [0.1, 0.15) is 0 Å². The van der Waals surface area contributed by atoms with E-state index in [-0.39, 0.29) is 5.75 Å². The van der Waals surface area contributed by atoms with Crippen molar-refractivity contribution in [3.05, 3.63) is 52.0 Å². The van der Waals surface area contributed by atoms with Crippen LogP contribution in [0.15, 0.2) is 36.0 Å². The van der Waals surface area contributed by atoms with Crippen molar-refractivity contribution >= 4 is 21.4 Å². The molecule has 0 spiro atoms. The zero-order chi connectivity index (χ0) is 14.4. The van der Waals surface area contributed by atoms with Gasteiger partial charge in [0.25, 0.3) is 0 Å². The van der Waals surface area contributed by atoms with Crippen LogP contribution in [0.2, 0.25) is 0 Å². The normalized spacial score (nSPS) is 11.7. The Bertz CT molecular complexity index is 622. The molecule has 7 heteroatoms. The first-order chi connectivity index (χ1) is 9.59. The van der Waals surface area contributed by atoms with E-state index in [1.165, 1.54) is 11.3 Å². The molecule has 20 heavy (non-hydrogen) atoms. The molecule has 1 aromatic carbocycles. The molecule has 2 aromatic rings. The number of sulfonamides is 1. The van der Waals surface area contributed by atoms with Gasteiger partial charge >= 0.3 is 0 Å². The zero-order valence-corrected chi connectivity index (χ0v) is 12.8. The number of benzene rings is 1. The molecule has 0 amide bonds. The van der Waals surface area contributed by atoms with E-state index in [0.717, 1.165) is 22.5 Å². The molecule has 0 atom stereocenters. The number of hydrogen-bond acceptors (Lipinski definition) is 5. The van der Waals surface area contributed by atoms with Gasteiger partial charge in [-0.05, 0) is 18.2 Å². The molecule has 1 heterocycles. The molecule has 5 nitrogen and oxygen atoms in total. The van der Waals surface area contributed by atoms with Crippen molar-refractivity contribution < 1.29 is 8.42 Å². The van der Waals surface area contributed by atoms with E-state index < -0.39 is 10.0 Å². The molecular formula is C13H17N3O2S2. The minimum absolute atomic E-state index is 0.00830. The fourth-order valence-corrected chi connectivity index (χ4v) is 3.47. The quantitative estimate of drug-likeness (QED) is 0.812. The van der Waals surface area contributed by atoms with E-state index in [2.05, 4.69) is 15.0 Å². The van der Waals surface area contributed by atoms with Gasteiger partial charge < -0.3 is 5.32 Å². The first-order valence-corrected chi connectivity index (χ1v) is 8.69. The van der Waals surface area contributed by atoms with Crippen molar-refractivity contribution in [2.75, 3.05) is 7.05 Å². The van der Waals surface area contributed by atoms with Crippen molar-refractivity contribution in [2.45, 2.75) is 18.8 Å². The molecule has 0 aliphatic heterocycles. The summed E-state index contributed by atoms with van der Waals surface area (Å²) in [6.07, 6.45) is 1.67. The second-order valence-electron chi connectivity index (χ2n) is 4.39. The molecule has 0 fully saturated rings. The Balaban J connectivity index is 1.93. The van der Waals surface area contributed by atoms with Gasteiger partial charge in [0.15, 0.2) is 0 Å². The Hall–Kier alpha value is -1.28. The van der Waals surface area contributed by atoms with E-state index in [1.54, 1.807) is 11.7 Å². The van der Waals surface area contributed by atoms with Gasteiger partial charge in [-0.1, -0.05) is 24.3 Å². The van der Waals surface area contributed by atoms with Crippen LogP contribution in [-0.4, -0.2) is 20.4 Å². The summed E-state index contributed by atoms with van der Waals surface area (Å²) in [5.41, 5.74) is 3.59. The second kappa shape index (κ2) is 6.94. The van der Waals surface area contributed by atoms with Crippen LogP contribution in [0.3, 0.4) is 0 Å². The highest BCUT2D eigenvalue weighted by molar-refractivity contribution is 7.88. The maximum atomic E-state index is 12.0. The third-order valence-corrected chi connectivity index (χ3v) is 4.79. The van der Waals surface area contributed by atoms with Crippen LogP contribution in [0, 0.1) is 0 Å². The van der Waals surface area contributed by atoms with Crippen molar-refractivity contribution in [2.24, 2.45) is 0 Å². The van der Waals surface area contributed by atoms with E-state index in [1.807, 2.05) is 31.3 Å². The standard InChI is InChI=1S/C13H17N3O2S2/c1-14-6-11-2-4-12(5-3-11)9-20(17,18)16-8-13-7-15-10-19-13/h2-5,7,10,14,16H,6,8-9H2,1H3. The first kappa shape index (κ1) is 15.1. The fraction of sp³-hybridized carbons (Fsp3) is 0.308. The minimum atomic E-state index is -3.32. The summed E-state index contributed by atoms with van der Waals surface area (Å²) in [4.78, 5) is 4.81. The summed E-state index contributed by atoms with van der Waals surface area (Å²) in [5.74, 6) is -0.00830. The highest BCUT2D eigenvalue weighted by Gasteiger charge is 2.11. The molecule has 0 saturated carbocycles. The third-order valence-electron chi connectivity index (χ3n) is 2.71. The summed E-state index contributed by atoms with van der Waals surface area (Å²) in [5, 5.41) is 3.05. The highest BCUT2D eigenvalue weighted by atomic mass is 32.2. The summed E-state index contributed by atoms with van der Waals surface area (Å²) in [7, 11) is -1.45. The van der Waals surface area contributed by atoms with Crippen molar-refractivity contribution in [3.8, 4) is 0 Å². The summed E-state index contributed by atoms with van der Waals surface area (Å²) in [6.45, 7) is 1.07. The average Bonchev–Trinajstić information content (AvgIpc) is 2.92. The van der Waals surface area contributed by atoms with Crippen LogP contribution in [0.25, 0.3) is 0 Å². The number of nitrogens with zero attached hydrogens (tertiary/aromatic N) is 1. The molecule has 0 aliphatic rings. The van der Waals surface area contributed by atoms with Gasteiger partial charge in [0.2, 0.25) is 10.0 Å². The number of aromatic nitrogens is 1.